The lowest BCUT2D eigenvalue weighted by molar-refractivity contribution is -0.115. The summed E-state index contributed by atoms with van der Waals surface area (Å²) in [6.07, 6.45) is 9.52. The van der Waals surface area contributed by atoms with E-state index in [0.29, 0.717) is 29.6 Å². The first kappa shape index (κ1) is 12.1. The lowest BCUT2D eigenvalue weighted by atomic mass is 9.55. The SMILES string of the molecule is CC1CC2CCC(=O)C=C2C2C1CCC1OCCC12. The molecule has 1 heterocycles. The molecule has 2 saturated carbocycles. The fourth-order valence-corrected chi connectivity index (χ4v) is 5.46. The second kappa shape index (κ2) is 4.44. The molecular weight excluding hydrogens is 236 g/mol. The number of carbonyl (C=O) groups is 1. The maximum absolute atomic E-state index is 11.9. The Morgan fingerprint density at radius 3 is 2.95 bits per heavy atom. The molecule has 1 aliphatic heterocycles. The summed E-state index contributed by atoms with van der Waals surface area (Å²) in [5.41, 5.74) is 1.53. The maximum Gasteiger partial charge on any atom is 0.155 e. The van der Waals surface area contributed by atoms with Crippen molar-refractivity contribution in [2.75, 3.05) is 6.61 Å². The number of ether oxygens (including phenoxy) is 1. The lowest BCUT2D eigenvalue weighted by Crippen LogP contribution is -2.45. The Balaban J connectivity index is 1.73. The molecule has 2 nitrogen and oxygen atoms in total. The van der Waals surface area contributed by atoms with Crippen molar-refractivity contribution in [2.45, 2.75) is 51.6 Å². The van der Waals surface area contributed by atoms with Crippen molar-refractivity contribution in [3.63, 3.8) is 0 Å². The van der Waals surface area contributed by atoms with Gasteiger partial charge in [-0.25, -0.2) is 0 Å². The van der Waals surface area contributed by atoms with Crippen LogP contribution in [-0.2, 0) is 9.53 Å². The van der Waals surface area contributed by atoms with Gasteiger partial charge in [-0.15, -0.1) is 0 Å². The zero-order chi connectivity index (χ0) is 13.0. The average Bonchev–Trinajstić information content (AvgIpc) is 2.87. The Morgan fingerprint density at radius 1 is 1.16 bits per heavy atom. The molecule has 4 rings (SSSR count). The summed E-state index contributed by atoms with van der Waals surface area (Å²) < 4.78 is 5.94. The Labute approximate surface area is 115 Å². The van der Waals surface area contributed by atoms with E-state index >= 15 is 0 Å². The van der Waals surface area contributed by atoms with Crippen molar-refractivity contribution < 1.29 is 9.53 Å². The van der Waals surface area contributed by atoms with E-state index in [-0.39, 0.29) is 0 Å². The van der Waals surface area contributed by atoms with Gasteiger partial charge in [-0.3, -0.25) is 4.79 Å². The molecule has 1 saturated heterocycles. The van der Waals surface area contributed by atoms with E-state index < -0.39 is 0 Å². The minimum absolute atomic E-state index is 0.376. The normalized spacial score (nSPS) is 49.1. The van der Waals surface area contributed by atoms with E-state index in [2.05, 4.69) is 6.92 Å². The van der Waals surface area contributed by atoms with Gasteiger partial charge in [-0.2, -0.15) is 0 Å². The van der Waals surface area contributed by atoms with E-state index in [1.54, 1.807) is 0 Å². The fraction of sp³-hybridized carbons (Fsp3) is 0.824. The molecule has 104 valence electrons. The highest BCUT2D eigenvalue weighted by molar-refractivity contribution is 5.91. The predicted molar refractivity (Wildman–Crippen MR) is 73.7 cm³/mol. The van der Waals surface area contributed by atoms with E-state index in [4.69, 9.17) is 4.74 Å². The van der Waals surface area contributed by atoms with E-state index in [1.807, 2.05) is 6.08 Å². The van der Waals surface area contributed by atoms with E-state index in [9.17, 15) is 4.79 Å². The second-order valence-electron chi connectivity index (χ2n) is 7.19. The highest BCUT2D eigenvalue weighted by Gasteiger charge is 2.50. The van der Waals surface area contributed by atoms with E-state index in [1.165, 1.54) is 31.3 Å². The largest absolute Gasteiger partial charge is 0.378 e. The number of ketones is 1. The average molecular weight is 260 g/mol. The molecule has 0 amide bonds. The number of hydrogen-bond acceptors (Lipinski definition) is 2. The molecule has 0 N–H and O–H groups in total. The summed E-state index contributed by atoms with van der Waals surface area (Å²) in [5.74, 6) is 4.10. The first-order valence-electron chi connectivity index (χ1n) is 8.10. The Hall–Kier alpha value is -0.630. The number of fused-ring (bicyclic) bond motifs is 5. The molecule has 2 heteroatoms. The first-order valence-corrected chi connectivity index (χ1v) is 8.10. The molecule has 3 aliphatic carbocycles. The smallest absolute Gasteiger partial charge is 0.155 e. The first-order chi connectivity index (χ1) is 9.24. The van der Waals surface area contributed by atoms with Crippen molar-refractivity contribution in [1.82, 2.24) is 0 Å². The van der Waals surface area contributed by atoms with Gasteiger partial charge in [-0.05, 0) is 67.8 Å². The molecule has 0 aromatic heterocycles. The fourth-order valence-electron chi connectivity index (χ4n) is 5.46. The summed E-state index contributed by atoms with van der Waals surface area (Å²) in [7, 11) is 0. The van der Waals surface area contributed by atoms with Gasteiger partial charge in [-0.1, -0.05) is 12.5 Å². The molecule has 4 aliphatic rings. The van der Waals surface area contributed by atoms with Crippen LogP contribution in [-0.4, -0.2) is 18.5 Å². The maximum atomic E-state index is 11.9. The molecule has 0 radical (unpaired) electrons. The van der Waals surface area contributed by atoms with Crippen molar-refractivity contribution >= 4 is 5.78 Å². The monoisotopic (exact) mass is 260 g/mol. The molecule has 0 aromatic carbocycles. The molecule has 3 fully saturated rings. The molecule has 19 heavy (non-hydrogen) atoms. The van der Waals surface area contributed by atoms with Crippen molar-refractivity contribution in [1.29, 1.82) is 0 Å². The summed E-state index contributed by atoms with van der Waals surface area (Å²) >= 11 is 0. The summed E-state index contributed by atoms with van der Waals surface area (Å²) in [4.78, 5) is 11.9. The van der Waals surface area contributed by atoms with Gasteiger partial charge in [0.1, 0.15) is 0 Å². The summed E-state index contributed by atoms with van der Waals surface area (Å²) in [5, 5.41) is 0. The van der Waals surface area contributed by atoms with Crippen LogP contribution in [0.25, 0.3) is 0 Å². The standard InChI is InChI=1S/C17H24O2/c1-10-8-11-2-3-12(18)9-15(11)17-13(10)4-5-16-14(17)6-7-19-16/h9-11,13-14,16-17H,2-8H2,1H3. The Kier molecular flexibility index (Phi) is 2.84. The number of rotatable bonds is 0. The summed E-state index contributed by atoms with van der Waals surface area (Å²) in [6.45, 7) is 3.39. The van der Waals surface area contributed by atoms with Crippen molar-refractivity contribution in [3.05, 3.63) is 11.6 Å². The number of carbonyl (C=O) groups excluding carboxylic acids is 1. The van der Waals surface area contributed by atoms with Crippen LogP contribution in [0, 0.1) is 29.6 Å². The van der Waals surface area contributed by atoms with Gasteiger partial charge in [0.2, 0.25) is 0 Å². The van der Waals surface area contributed by atoms with Crippen LogP contribution in [0.5, 0.6) is 0 Å². The lowest BCUT2D eigenvalue weighted by Gasteiger charge is -2.50. The minimum Gasteiger partial charge on any atom is -0.378 e. The Morgan fingerprint density at radius 2 is 2.05 bits per heavy atom. The summed E-state index contributed by atoms with van der Waals surface area (Å²) in [6, 6.07) is 0. The van der Waals surface area contributed by atoms with Crippen molar-refractivity contribution in [3.8, 4) is 0 Å². The predicted octanol–water partition coefficient (Wildman–Crippen LogP) is 3.36. The van der Waals surface area contributed by atoms with Crippen LogP contribution in [0.2, 0.25) is 0 Å². The number of allylic oxidation sites excluding steroid dienone is 2. The molecule has 6 atom stereocenters. The molecular formula is C17H24O2. The van der Waals surface area contributed by atoms with Crippen LogP contribution >= 0.6 is 0 Å². The van der Waals surface area contributed by atoms with Gasteiger partial charge in [0.15, 0.2) is 5.78 Å². The van der Waals surface area contributed by atoms with Crippen LogP contribution in [0.3, 0.4) is 0 Å². The zero-order valence-corrected chi connectivity index (χ0v) is 11.8. The van der Waals surface area contributed by atoms with Gasteiger partial charge in [0.25, 0.3) is 0 Å². The van der Waals surface area contributed by atoms with Crippen LogP contribution in [0.15, 0.2) is 11.6 Å². The topological polar surface area (TPSA) is 26.3 Å². The highest BCUT2D eigenvalue weighted by Crippen LogP contribution is 2.55. The van der Waals surface area contributed by atoms with Crippen LogP contribution < -0.4 is 0 Å². The second-order valence-corrected chi connectivity index (χ2v) is 7.19. The highest BCUT2D eigenvalue weighted by atomic mass is 16.5. The van der Waals surface area contributed by atoms with Crippen molar-refractivity contribution in [2.24, 2.45) is 29.6 Å². The quantitative estimate of drug-likeness (QED) is 0.667. The third kappa shape index (κ3) is 1.83. The molecule has 0 bridgehead atoms. The third-order valence-electron chi connectivity index (χ3n) is 6.28. The van der Waals surface area contributed by atoms with Crippen LogP contribution in [0.1, 0.15) is 45.4 Å². The van der Waals surface area contributed by atoms with Gasteiger partial charge >= 0.3 is 0 Å². The molecule has 6 unspecified atom stereocenters. The minimum atomic E-state index is 0.376. The van der Waals surface area contributed by atoms with Gasteiger partial charge in [0, 0.05) is 13.0 Å². The molecule has 0 spiro atoms. The third-order valence-corrected chi connectivity index (χ3v) is 6.28. The molecule has 0 aromatic rings. The number of hydrogen-bond donors (Lipinski definition) is 0. The zero-order valence-electron chi connectivity index (χ0n) is 11.8. The van der Waals surface area contributed by atoms with E-state index in [0.717, 1.165) is 31.3 Å². The van der Waals surface area contributed by atoms with Gasteiger partial charge < -0.3 is 4.74 Å². The van der Waals surface area contributed by atoms with Gasteiger partial charge in [0.05, 0.1) is 6.10 Å². The Bertz CT molecular complexity index is 423. The van der Waals surface area contributed by atoms with Crippen LogP contribution in [0.4, 0.5) is 0 Å².